The third-order valence-corrected chi connectivity index (χ3v) is 2.65. The van der Waals surface area contributed by atoms with Gasteiger partial charge >= 0.3 is 12.0 Å². The minimum atomic E-state index is -1.08. The van der Waals surface area contributed by atoms with E-state index >= 15 is 0 Å². The van der Waals surface area contributed by atoms with E-state index in [-0.39, 0.29) is 13.0 Å². The number of amides is 2. The first-order chi connectivity index (χ1) is 8.06. The van der Waals surface area contributed by atoms with E-state index in [9.17, 15) is 14.7 Å². The molecule has 1 aliphatic heterocycles. The maximum Gasteiger partial charge on any atom is 0.326 e. The zero-order valence-corrected chi connectivity index (χ0v) is 9.80. The molecule has 0 bridgehead atoms. The second kappa shape index (κ2) is 6.24. The molecule has 2 unspecified atom stereocenters. The quantitative estimate of drug-likeness (QED) is 0.484. The van der Waals surface area contributed by atoms with Gasteiger partial charge in [-0.2, -0.15) is 0 Å². The second-order valence-corrected chi connectivity index (χ2v) is 3.99. The topological polar surface area (TPSA) is 89.9 Å². The van der Waals surface area contributed by atoms with E-state index in [2.05, 4.69) is 5.32 Å². The van der Waals surface area contributed by atoms with Crippen molar-refractivity contribution in [2.24, 2.45) is 0 Å². The average molecular weight is 242 g/mol. The Kier molecular flexibility index (Phi) is 4.96. The molecule has 6 heteroatoms. The number of hydrogen-bond donors (Lipinski definition) is 3. The summed E-state index contributed by atoms with van der Waals surface area (Å²) in [6.07, 6.45) is 3.84. The molecule has 17 heavy (non-hydrogen) atoms. The predicted molar refractivity (Wildman–Crippen MR) is 61.6 cm³/mol. The molecule has 0 aliphatic carbocycles. The van der Waals surface area contributed by atoms with Crippen LogP contribution in [0.5, 0.6) is 0 Å². The summed E-state index contributed by atoms with van der Waals surface area (Å²) in [7, 11) is 0. The van der Waals surface area contributed by atoms with E-state index in [4.69, 9.17) is 5.11 Å². The Hall–Kier alpha value is -1.56. The van der Waals surface area contributed by atoms with Gasteiger partial charge in [-0.3, -0.25) is 0 Å². The summed E-state index contributed by atoms with van der Waals surface area (Å²) in [6, 6.07) is -1.36. The molecule has 0 spiro atoms. The van der Waals surface area contributed by atoms with Gasteiger partial charge in [-0.1, -0.05) is 12.2 Å². The molecule has 1 saturated heterocycles. The molecular formula is C11H18N2O4. The molecule has 96 valence electrons. The number of β-amino-alcohol motifs (C(OH)–C–C–N with tert-alkyl or cyclic N) is 1. The highest BCUT2D eigenvalue weighted by atomic mass is 16.4. The van der Waals surface area contributed by atoms with Crippen molar-refractivity contribution in [3.05, 3.63) is 12.2 Å². The largest absolute Gasteiger partial charge is 0.480 e. The lowest BCUT2D eigenvalue weighted by Crippen LogP contribution is -2.46. The van der Waals surface area contributed by atoms with Gasteiger partial charge in [0, 0.05) is 19.5 Å². The fraction of sp³-hybridized carbons (Fsp3) is 0.636. The smallest absolute Gasteiger partial charge is 0.326 e. The number of likely N-dealkylation sites (tertiary alicyclic amines) is 1. The van der Waals surface area contributed by atoms with Crippen LogP contribution in [-0.2, 0) is 4.79 Å². The predicted octanol–water partition coefficient (Wildman–Crippen LogP) is 0.182. The number of aliphatic carboxylic acids is 1. The van der Waals surface area contributed by atoms with Crippen molar-refractivity contribution in [1.82, 2.24) is 10.2 Å². The lowest BCUT2D eigenvalue weighted by molar-refractivity contribution is -0.141. The minimum absolute atomic E-state index is 0.0758. The molecule has 1 rings (SSSR count). The Bertz CT molecular complexity index is 317. The van der Waals surface area contributed by atoms with Crippen LogP contribution in [0.15, 0.2) is 12.2 Å². The Labute approximate surface area is 99.9 Å². The molecule has 1 aliphatic rings. The number of hydrogen-bond acceptors (Lipinski definition) is 3. The summed E-state index contributed by atoms with van der Waals surface area (Å²) >= 11 is 0. The molecule has 0 saturated carbocycles. The SMILES string of the molecule is C/C=C/CCNC(=O)N1CC(O)CC1C(=O)O. The first kappa shape index (κ1) is 13.5. The van der Waals surface area contributed by atoms with E-state index in [1.54, 1.807) is 0 Å². The van der Waals surface area contributed by atoms with Gasteiger partial charge in [0.1, 0.15) is 6.04 Å². The van der Waals surface area contributed by atoms with Crippen LogP contribution in [0.1, 0.15) is 19.8 Å². The summed E-state index contributed by atoms with van der Waals surface area (Å²) in [5, 5.41) is 20.9. The molecule has 0 radical (unpaired) electrons. The van der Waals surface area contributed by atoms with Crippen molar-refractivity contribution >= 4 is 12.0 Å². The summed E-state index contributed by atoms with van der Waals surface area (Å²) in [5.74, 6) is -1.08. The number of nitrogens with zero attached hydrogens (tertiary/aromatic N) is 1. The molecule has 1 fully saturated rings. The zero-order chi connectivity index (χ0) is 12.8. The third-order valence-electron chi connectivity index (χ3n) is 2.65. The summed E-state index contributed by atoms with van der Waals surface area (Å²) in [5.41, 5.74) is 0. The van der Waals surface area contributed by atoms with Crippen LogP contribution in [0, 0.1) is 0 Å². The van der Waals surface area contributed by atoms with Gasteiger partial charge < -0.3 is 20.4 Å². The number of aliphatic hydroxyl groups is 1. The van der Waals surface area contributed by atoms with Crippen molar-refractivity contribution < 1.29 is 19.8 Å². The fourth-order valence-corrected chi connectivity index (χ4v) is 1.80. The number of aliphatic hydroxyl groups excluding tert-OH is 1. The van der Waals surface area contributed by atoms with Crippen molar-refractivity contribution in [3.63, 3.8) is 0 Å². The Morgan fingerprint density at radius 1 is 1.53 bits per heavy atom. The lowest BCUT2D eigenvalue weighted by Gasteiger charge is -2.21. The maximum absolute atomic E-state index is 11.7. The average Bonchev–Trinajstić information content (AvgIpc) is 2.66. The number of allylic oxidation sites excluding steroid dienone is 1. The van der Waals surface area contributed by atoms with E-state index in [0.717, 1.165) is 0 Å². The minimum Gasteiger partial charge on any atom is -0.480 e. The number of nitrogens with one attached hydrogen (secondary N) is 1. The number of carbonyl (C=O) groups is 2. The molecule has 2 amide bonds. The standard InChI is InChI=1S/C11H18N2O4/c1-2-3-4-5-12-11(17)13-7-8(14)6-9(13)10(15)16/h2-3,8-9,14H,4-7H2,1H3,(H,12,17)(H,15,16)/b3-2+. The van der Waals surface area contributed by atoms with Crippen LogP contribution in [0.25, 0.3) is 0 Å². The van der Waals surface area contributed by atoms with Crippen LogP contribution >= 0.6 is 0 Å². The Balaban J connectivity index is 2.46. The number of carboxylic acids is 1. The van der Waals surface area contributed by atoms with E-state index in [1.165, 1.54) is 4.90 Å². The van der Waals surface area contributed by atoms with Crippen LogP contribution in [0.4, 0.5) is 4.79 Å². The second-order valence-electron chi connectivity index (χ2n) is 3.99. The Morgan fingerprint density at radius 2 is 2.24 bits per heavy atom. The first-order valence-electron chi connectivity index (χ1n) is 5.62. The molecule has 0 aromatic rings. The van der Waals surface area contributed by atoms with Gasteiger partial charge in [-0.15, -0.1) is 0 Å². The number of carboxylic acid groups (broad SMARTS) is 1. The summed E-state index contributed by atoms with van der Waals surface area (Å²) in [6.45, 7) is 2.42. The van der Waals surface area contributed by atoms with Gasteiger partial charge in [-0.05, 0) is 13.3 Å². The molecule has 0 aromatic heterocycles. The van der Waals surface area contributed by atoms with E-state index < -0.39 is 24.1 Å². The molecule has 3 N–H and O–H groups in total. The van der Waals surface area contributed by atoms with Crippen molar-refractivity contribution in [2.75, 3.05) is 13.1 Å². The van der Waals surface area contributed by atoms with Crippen LogP contribution in [0.3, 0.4) is 0 Å². The summed E-state index contributed by atoms with van der Waals surface area (Å²) in [4.78, 5) is 23.7. The van der Waals surface area contributed by atoms with Gasteiger partial charge in [0.25, 0.3) is 0 Å². The normalized spacial score (nSPS) is 24.2. The Morgan fingerprint density at radius 3 is 2.82 bits per heavy atom. The highest BCUT2D eigenvalue weighted by Gasteiger charge is 2.38. The van der Waals surface area contributed by atoms with E-state index in [1.807, 2.05) is 19.1 Å². The maximum atomic E-state index is 11.7. The molecule has 0 aromatic carbocycles. The van der Waals surface area contributed by atoms with Gasteiger partial charge in [0.05, 0.1) is 6.10 Å². The van der Waals surface area contributed by atoms with Gasteiger partial charge in [0.2, 0.25) is 0 Å². The monoisotopic (exact) mass is 242 g/mol. The summed E-state index contributed by atoms with van der Waals surface area (Å²) < 4.78 is 0. The number of rotatable bonds is 4. The van der Waals surface area contributed by atoms with Gasteiger partial charge in [-0.25, -0.2) is 9.59 Å². The van der Waals surface area contributed by atoms with Crippen molar-refractivity contribution in [1.29, 1.82) is 0 Å². The zero-order valence-electron chi connectivity index (χ0n) is 9.80. The highest BCUT2D eigenvalue weighted by Crippen LogP contribution is 2.17. The number of carbonyl (C=O) groups excluding carboxylic acids is 1. The van der Waals surface area contributed by atoms with Crippen molar-refractivity contribution in [2.45, 2.75) is 31.9 Å². The third kappa shape index (κ3) is 3.74. The van der Waals surface area contributed by atoms with Gasteiger partial charge in [0.15, 0.2) is 0 Å². The molecule has 1 heterocycles. The van der Waals surface area contributed by atoms with Crippen LogP contribution in [0.2, 0.25) is 0 Å². The molecular weight excluding hydrogens is 224 g/mol. The van der Waals surface area contributed by atoms with Crippen LogP contribution < -0.4 is 5.32 Å². The fourth-order valence-electron chi connectivity index (χ4n) is 1.80. The highest BCUT2D eigenvalue weighted by molar-refractivity contribution is 5.83. The molecule has 2 atom stereocenters. The molecule has 6 nitrogen and oxygen atoms in total. The van der Waals surface area contributed by atoms with Crippen LogP contribution in [-0.4, -0.2) is 52.3 Å². The first-order valence-corrected chi connectivity index (χ1v) is 5.62. The van der Waals surface area contributed by atoms with E-state index in [0.29, 0.717) is 13.0 Å². The van der Waals surface area contributed by atoms with Crippen molar-refractivity contribution in [3.8, 4) is 0 Å². The lowest BCUT2D eigenvalue weighted by atomic mass is 10.2. The number of urea groups is 1.